The van der Waals surface area contributed by atoms with Gasteiger partial charge in [0.05, 0.1) is 31.6 Å². The first-order valence-electron chi connectivity index (χ1n) is 18.4. The number of halogens is 4. The fourth-order valence-corrected chi connectivity index (χ4v) is 9.52. The van der Waals surface area contributed by atoms with Crippen LogP contribution in [-0.4, -0.2) is 73.1 Å². The summed E-state index contributed by atoms with van der Waals surface area (Å²) in [7, 11) is 3.38. The molecule has 0 saturated heterocycles. The first kappa shape index (κ1) is 44.0. The number of amides is 2. The van der Waals surface area contributed by atoms with Crippen LogP contribution in [0.25, 0.3) is 0 Å². The van der Waals surface area contributed by atoms with Crippen molar-refractivity contribution in [2.75, 3.05) is 33.9 Å². The molecule has 1 aromatic rings. The highest BCUT2D eigenvalue weighted by Gasteiger charge is 2.50. The van der Waals surface area contributed by atoms with E-state index in [2.05, 4.69) is 81.1 Å². The van der Waals surface area contributed by atoms with E-state index >= 15 is 0 Å². The number of methoxy groups -OCH3 is 1. The number of aliphatic hydroxyl groups excluding tert-OH is 1. The Balaban J connectivity index is 1.28. The minimum Gasteiger partial charge on any atom is -0.495 e. The van der Waals surface area contributed by atoms with Crippen LogP contribution in [0.2, 0.25) is 0 Å². The van der Waals surface area contributed by atoms with Crippen molar-refractivity contribution < 1.29 is 29.0 Å². The molecule has 1 aliphatic carbocycles. The number of aliphatic hydroxyl groups is 1. The first-order valence-corrected chi connectivity index (χ1v) is 21.6. The Bertz CT molecular complexity index is 1360. The molecule has 0 saturated carbocycles. The van der Waals surface area contributed by atoms with E-state index in [1.54, 1.807) is 6.08 Å². The number of carbonyl (C=O) groups excluding carboxylic acids is 2. The number of oxime groups is 1. The molecule has 13 heteroatoms. The molecule has 1 heterocycles. The maximum absolute atomic E-state index is 12.9. The number of hydrogen-bond acceptors (Lipinski definition) is 7. The van der Waals surface area contributed by atoms with E-state index in [0.29, 0.717) is 53.0 Å². The van der Waals surface area contributed by atoms with Crippen LogP contribution in [0.5, 0.6) is 5.75 Å². The second-order valence-corrected chi connectivity index (χ2v) is 16.9. The zero-order valence-corrected chi connectivity index (χ0v) is 36.7. The minimum absolute atomic E-state index is 0.105. The molecule has 2 amide bonds. The zero-order valence-electron chi connectivity index (χ0n) is 30.3. The van der Waals surface area contributed by atoms with Gasteiger partial charge in [-0.15, -0.1) is 0 Å². The van der Waals surface area contributed by atoms with Crippen LogP contribution in [-0.2, 0) is 25.6 Å². The third kappa shape index (κ3) is 14.1. The van der Waals surface area contributed by atoms with Gasteiger partial charge in [0.2, 0.25) is 5.91 Å². The third-order valence-electron chi connectivity index (χ3n) is 9.31. The van der Waals surface area contributed by atoms with Gasteiger partial charge in [-0.3, -0.25) is 9.59 Å². The second-order valence-electron chi connectivity index (χ2n) is 13.4. The van der Waals surface area contributed by atoms with Crippen molar-refractivity contribution in [3.05, 3.63) is 47.4 Å². The smallest absolute Gasteiger partial charge is 0.269 e. The third-order valence-corrected chi connectivity index (χ3v) is 11.9. The molecular weight excluding hydrogens is 914 g/mol. The molecule has 0 bridgehead atoms. The summed E-state index contributed by atoms with van der Waals surface area (Å²) in [4.78, 5) is 32.9. The van der Waals surface area contributed by atoms with Crippen molar-refractivity contribution in [3.63, 3.8) is 0 Å². The molecule has 286 valence electrons. The highest BCUT2D eigenvalue weighted by Crippen LogP contribution is 2.44. The summed E-state index contributed by atoms with van der Waals surface area (Å²) in [5.74, 6) is 1.00. The van der Waals surface area contributed by atoms with Gasteiger partial charge in [-0.2, -0.15) is 0 Å². The minimum atomic E-state index is -1.20. The number of nitrogens with zero attached hydrogens (tertiary/aromatic N) is 2. The molecule has 9 nitrogen and oxygen atoms in total. The van der Waals surface area contributed by atoms with Crippen molar-refractivity contribution in [1.82, 2.24) is 10.2 Å². The van der Waals surface area contributed by atoms with Gasteiger partial charge < -0.3 is 29.6 Å². The normalized spacial score (nSPS) is 18.4. The lowest BCUT2D eigenvalue weighted by molar-refractivity contribution is -0.130. The number of ether oxygens (including phenoxy) is 2. The topological polar surface area (TPSA) is 110 Å². The lowest BCUT2D eigenvalue weighted by Crippen LogP contribution is -2.45. The lowest BCUT2D eigenvalue weighted by Gasteiger charge is -2.33. The number of nitrogens with one attached hydrogen (secondary N) is 1. The van der Waals surface area contributed by atoms with Crippen LogP contribution in [0.3, 0.4) is 0 Å². The highest BCUT2D eigenvalue weighted by atomic mass is 79.9. The number of allylic oxidation sites excluding steroid dienone is 1. The van der Waals surface area contributed by atoms with Gasteiger partial charge in [0.1, 0.15) is 23.3 Å². The second kappa shape index (κ2) is 23.4. The number of unbranched alkanes of at least 4 members (excludes halogenated alkanes) is 12. The Morgan fingerprint density at radius 1 is 0.961 bits per heavy atom. The summed E-state index contributed by atoms with van der Waals surface area (Å²) in [5.41, 5.74) is -0.00394. The molecular formula is C38H55Br4N3O6. The van der Waals surface area contributed by atoms with E-state index in [0.717, 1.165) is 33.8 Å². The quantitative estimate of drug-likeness (QED) is 0.1000. The van der Waals surface area contributed by atoms with Crippen molar-refractivity contribution in [2.24, 2.45) is 5.16 Å². The van der Waals surface area contributed by atoms with E-state index in [4.69, 9.17) is 14.3 Å². The monoisotopic (exact) mass is 965 g/mol. The number of carbonyl (C=O) groups is 2. The van der Waals surface area contributed by atoms with E-state index in [1.165, 1.54) is 77.7 Å². The van der Waals surface area contributed by atoms with Crippen LogP contribution in [0.1, 0.15) is 115 Å². The predicted molar refractivity (Wildman–Crippen MR) is 218 cm³/mol. The average Bonchev–Trinajstić information content (AvgIpc) is 3.53. The zero-order chi connectivity index (χ0) is 37.2. The summed E-state index contributed by atoms with van der Waals surface area (Å²) < 4.78 is 14.0. The number of hydrogen-bond donors (Lipinski definition) is 2. The van der Waals surface area contributed by atoms with Gasteiger partial charge in [-0.1, -0.05) is 89.1 Å². The fourth-order valence-electron chi connectivity index (χ4n) is 6.22. The SMILES string of the molecule is CCCCCCCCCCCCCCCC(=O)N(C)CCCOc1c(Br)cc(CCNC(=O)C2=NOC3(C=C(Br)C(OC)=C(Br)C3O)C2)cc1Br. The first-order chi connectivity index (χ1) is 24.5. The van der Waals surface area contributed by atoms with Crippen LogP contribution >= 0.6 is 63.7 Å². The van der Waals surface area contributed by atoms with E-state index in [1.807, 2.05) is 24.1 Å². The van der Waals surface area contributed by atoms with Crippen molar-refractivity contribution in [3.8, 4) is 5.75 Å². The van der Waals surface area contributed by atoms with Crippen molar-refractivity contribution in [1.29, 1.82) is 0 Å². The predicted octanol–water partition coefficient (Wildman–Crippen LogP) is 10.0. The Hall–Kier alpha value is -1.41. The Kier molecular flexibility index (Phi) is 20.2. The molecule has 51 heavy (non-hydrogen) atoms. The largest absolute Gasteiger partial charge is 0.495 e. The maximum Gasteiger partial charge on any atom is 0.269 e. The summed E-state index contributed by atoms with van der Waals surface area (Å²) in [6.45, 7) is 3.77. The van der Waals surface area contributed by atoms with Gasteiger partial charge in [0.15, 0.2) is 5.60 Å². The molecule has 2 atom stereocenters. The summed E-state index contributed by atoms with van der Waals surface area (Å²) in [5, 5.41) is 17.7. The van der Waals surface area contributed by atoms with Gasteiger partial charge in [0.25, 0.3) is 5.91 Å². The molecule has 0 radical (unpaired) electrons. The van der Waals surface area contributed by atoms with Gasteiger partial charge in [-0.05, 0) is 107 Å². The molecule has 3 rings (SSSR count). The standard InChI is InChI=1S/C38H55Br4N3O6/c1-4-5-6-7-8-9-10-11-12-13-14-15-16-18-32(46)45(2)21-17-22-50-34-28(39)23-27(24-29(34)40)19-20-43-37(48)31-26-38(51-44-31)25-30(41)35(49-3)33(42)36(38)47/h23-25,36,47H,4-22,26H2,1-3H3,(H,43,48). The lowest BCUT2D eigenvalue weighted by atomic mass is 9.87. The van der Waals surface area contributed by atoms with E-state index in [9.17, 15) is 14.7 Å². The molecule has 2 unspecified atom stereocenters. The van der Waals surface area contributed by atoms with Crippen LogP contribution < -0.4 is 10.1 Å². The molecule has 2 N–H and O–H groups in total. The molecule has 1 aromatic carbocycles. The van der Waals surface area contributed by atoms with Crippen LogP contribution in [0.4, 0.5) is 0 Å². The van der Waals surface area contributed by atoms with Crippen molar-refractivity contribution >= 4 is 81.2 Å². The Morgan fingerprint density at radius 2 is 1.55 bits per heavy atom. The maximum atomic E-state index is 12.9. The van der Waals surface area contributed by atoms with E-state index in [-0.39, 0.29) is 23.9 Å². The highest BCUT2D eigenvalue weighted by molar-refractivity contribution is 9.12. The summed E-state index contributed by atoms with van der Waals surface area (Å²) in [6, 6.07) is 3.95. The van der Waals surface area contributed by atoms with Gasteiger partial charge in [-0.25, -0.2) is 0 Å². The number of benzene rings is 1. The van der Waals surface area contributed by atoms with Gasteiger partial charge in [0, 0.05) is 33.0 Å². The average molecular weight is 969 g/mol. The fraction of sp³-hybridized carbons (Fsp3) is 0.658. The van der Waals surface area contributed by atoms with Gasteiger partial charge >= 0.3 is 0 Å². The van der Waals surface area contributed by atoms with Crippen molar-refractivity contribution in [2.45, 2.75) is 128 Å². The molecule has 0 aromatic heterocycles. The number of rotatable bonds is 24. The molecule has 2 aliphatic rings. The molecule has 1 aliphatic heterocycles. The Labute approximate surface area is 338 Å². The summed E-state index contributed by atoms with van der Waals surface area (Å²) >= 11 is 14.1. The van der Waals surface area contributed by atoms with E-state index < -0.39 is 11.7 Å². The summed E-state index contributed by atoms with van der Waals surface area (Å²) in [6.07, 6.45) is 19.5. The molecule has 1 spiro atoms. The van der Waals surface area contributed by atoms with Crippen LogP contribution in [0, 0.1) is 0 Å². The molecule has 0 fully saturated rings. The Morgan fingerprint density at radius 3 is 2.14 bits per heavy atom. The van der Waals surface area contributed by atoms with Crippen LogP contribution in [0.15, 0.2) is 47.0 Å².